The number of aromatic nitrogens is 1. The second-order valence-electron chi connectivity index (χ2n) is 5.85. The largest absolute Gasteiger partial charge is 0.341 e. The van der Waals surface area contributed by atoms with Crippen molar-refractivity contribution < 1.29 is 9.59 Å². The van der Waals surface area contributed by atoms with Crippen LogP contribution < -0.4 is 5.32 Å². The molecule has 1 fully saturated rings. The highest BCUT2D eigenvalue weighted by Crippen LogP contribution is 2.32. The molecule has 1 aliphatic carbocycles. The molecule has 0 spiro atoms. The average molecular weight is 293 g/mol. The van der Waals surface area contributed by atoms with Crippen LogP contribution in [0.15, 0.2) is 0 Å². The molecule has 1 atom stereocenters. The van der Waals surface area contributed by atoms with E-state index in [1.165, 1.54) is 18.2 Å². The number of rotatable bonds is 2. The standard InChI is InChI=1S/C14H19N3O2S/c1-8-3-4-11-12(5-8)20-14(15-11)16-13(19)10-6-17(7-10)9(2)18/h8,10H,3-7H2,1-2H3,(H,15,16,19)/t8-/m0/s1. The number of nitrogens with one attached hydrogen (secondary N) is 1. The number of carbonyl (C=O) groups is 2. The molecule has 3 rings (SSSR count). The Hall–Kier alpha value is -1.43. The van der Waals surface area contributed by atoms with Crippen LogP contribution in [0.5, 0.6) is 0 Å². The van der Waals surface area contributed by atoms with Crippen LogP contribution in [-0.2, 0) is 22.4 Å². The number of amides is 2. The predicted molar refractivity (Wildman–Crippen MR) is 77.7 cm³/mol. The van der Waals surface area contributed by atoms with Crippen molar-refractivity contribution in [3.8, 4) is 0 Å². The molecule has 1 aliphatic heterocycles. The number of thiazole rings is 1. The lowest BCUT2D eigenvalue weighted by Gasteiger charge is -2.37. The fraction of sp³-hybridized carbons (Fsp3) is 0.643. The zero-order valence-electron chi connectivity index (χ0n) is 11.8. The third kappa shape index (κ3) is 2.57. The molecule has 5 nitrogen and oxygen atoms in total. The Morgan fingerprint density at radius 1 is 1.40 bits per heavy atom. The zero-order valence-corrected chi connectivity index (χ0v) is 12.6. The Kier molecular flexibility index (Phi) is 3.50. The van der Waals surface area contributed by atoms with E-state index in [4.69, 9.17) is 0 Å². The minimum Gasteiger partial charge on any atom is -0.341 e. The smallest absolute Gasteiger partial charge is 0.232 e. The number of anilines is 1. The van der Waals surface area contributed by atoms with Crippen molar-refractivity contribution >= 4 is 28.3 Å². The number of nitrogens with zero attached hydrogens (tertiary/aromatic N) is 2. The van der Waals surface area contributed by atoms with Crippen LogP contribution >= 0.6 is 11.3 Å². The van der Waals surface area contributed by atoms with Crippen LogP contribution in [0.1, 0.15) is 30.8 Å². The fourth-order valence-corrected chi connectivity index (χ4v) is 3.88. The zero-order chi connectivity index (χ0) is 14.3. The molecule has 20 heavy (non-hydrogen) atoms. The molecule has 1 aromatic heterocycles. The minimum absolute atomic E-state index is 0.0124. The maximum atomic E-state index is 12.1. The van der Waals surface area contributed by atoms with Crippen molar-refractivity contribution in [2.75, 3.05) is 18.4 Å². The Morgan fingerprint density at radius 3 is 2.85 bits per heavy atom. The molecule has 0 aromatic carbocycles. The Balaban J connectivity index is 1.59. The summed E-state index contributed by atoms with van der Waals surface area (Å²) in [6, 6.07) is 0. The molecule has 0 bridgehead atoms. The van der Waals surface area contributed by atoms with Crippen molar-refractivity contribution in [1.82, 2.24) is 9.88 Å². The first kappa shape index (κ1) is 13.5. The van der Waals surface area contributed by atoms with Gasteiger partial charge >= 0.3 is 0 Å². The van der Waals surface area contributed by atoms with E-state index in [0.717, 1.165) is 23.7 Å². The quantitative estimate of drug-likeness (QED) is 0.902. The molecule has 2 amide bonds. The van der Waals surface area contributed by atoms with Crippen LogP contribution in [0.3, 0.4) is 0 Å². The molecule has 1 N–H and O–H groups in total. The monoisotopic (exact) mass is 293 g/mol. The van der Waals surface area contributed by atoms with Crippen LogP contribution in [0.25, 0.3) is 0 Å². The van der Waals surface area contributed by atoms with Gasteiger partial charge in [0.15, 0.2) is 5.13 Å². The summed E-state index contributed by atoms with van der Waals surface area (Å²) in [5.41, 5.74) is 1.15. The summed E-state index contributed by atoms with van der Waals surface area (Å²) in [7, 11) is 0. The SMILES string of the molecule is CC(=O)N1CC(C(=O)Nc2nc3c(s2)C[C@@H](C)CC3)C1. The van der Waals surface area contributed by atoms with Gasteiger partial charge in [-0.1, -0.05) is 6.92 Å². The van der Waals surface area contributed by atoms with E-state index < -0.39 is 0 Å². The van der Waals surface area contributed by atoms with Gasteiger partial charge in [0.2, 0.25) is 11.8 Å². The van der Waals surface area contributed by atoms with Crippen LogP contribution in [-0.4, -0.2) is 34.8 Å². The maximum absolute atomic E-state index is 12.1. The van der Waals surface area contributed by atoms with E-state index in [0.29, 0.717) is 19.0 Å². The summed E-state index contributed by atoms with van der Waals surface area (Å²) < 4.78 is 0. The molecule has 0 radical (unpaired) electrons. The van der Waals surface area contributed by atoms with Gasteiger partial charge in [0.25, 0.3) is 0 Å². The number of hydrogen-bond donors (Lipinski definition) is 1. The number of fused-ring (bicyclic) bond motifs is 1. The van der Waals surface area contributed by atoms with Gasteiger partial charge in [0.1, 0.15) is 0 Å². The van der Waals surface area contributed by atoms with E-state index >= 15 is 0 Å². The first-order valence-electron chi connectivity index (χ1n) is 7.08. The van der Waals surface area contributed by atoms with E-state index in [-0.39, 0.29) is 17.7 Å². The van der Waals surface area contributed by atoms with Crippen molar-refractivity contribution in [3.05, 3.63) is 10.6 Å². The third-order valence-electron chi connectivity index (χ3n) is 4.11. The van der Waals surface area contributed by atoms with Gasteiger partial charge in [-0.2, -0.15) is 0 Å². The summed E-state index contributed by atoms with van der Waals surface area (Å²) in [4.78, 5) is 30.7. The molecule has 0 saturated carbocycles. The predicted octanol–water partition coefficient (Wildman–Crippen LogP) is 1.68. The fourth-order valence-electron chi connectivity index (χ4n) is 2.70. The van der Waals surface area contributed by atoms with E-state index in [2.05, 4.69) is 17.2 Å². The van der Waals surface area contributed by atoms with Gasteiger partial charge in [0.05, 0.1) is 11.6 Å². The maximum Gasteiger partial charge on any atom is 0.232 e. The summed E-state index contributed by atoms with van der Waals surface area (Å²) in [5, 5.41) is 3.62. The molecular formula is C14H19N3O2S. The number of hydrogen-bond acceptors (Lipinski definition) is 4. The Morgan fingerprint density at radius 2 is 2.15 bits per heavy atom. The highest BCUT2D eigenvalue weighted by molar-refractivity contribution is 7.15. The molecule has 1 saturated heterocycles. The number of likely N-dealkylation sites (tertiary alicyclic amines) is 1. The lowest BCUT2D eigenvalue weighted by atomic mass is 9.93. The highest BCUT2D eigenvalue weighted by Gasteiger charge is 2.34. The van der Waals surface area contributed by atoms with Crippen LogP contribution in [0, 0.1) is 11.8 Å². The van der Waals surface area contributed by atoms with E-state index in [1.807, 2.05) is 0 Å². The van der Waals surface area contributed by atoms with Crippen LogP contribution in [0.4, 0.5) is 5.13 Å². The number of aryl methyl sites for hydroxylation is 1. The lowest BCUT2D eigenvalue weighted by Crippen LogP contribution is -2.53. The van der Waals surface area contributed by atoms with Crippen molar-refractivity contribution in [2.45, 2.75) is 33.1 Å². The molecule has 2 heterocycles. The van der Waals surface area contributed by atoms with Gasteiger partial charge in [-0.15, -0.1) is 11.3 Å². The normalized spacial score (nSPS) is 22.1. The molecule has 0 unspecified atom stereocenters. The first-order valence-corrected chi connectivity index (χ1v) is 7.89. The van der Waals surface area contributed by atoms with E-state index in [1.54, 1.807) is 16.2 Å². The Bertz CT molecular complexity index is 549. The van der Waals surface area contributed by atoms with Crippen molar-refractivity contribution in [1.29, 1.82) is 0 Å². The Labute approximate surface area is 122 Å². The van der Waals surface area contributed by atoms with Crippen LogP contribution in [0.2, 0.25) is 0 Å². The first-order chi connectivity index (χ1) is 9.52. The summed E-state index contributed by atoms with van der Waals surface area (Å²) in [6.45, 7) is 4.85. The highest BCUT2D eigenvalue weighted by atomic mass is 32.1. The topological polar surface area (TPSA) is 62.3 Å². The average Bonchev–Trinajstić information content (AvgIpc) is 2.67. The van der Waals surface area contributed by atoms with E-state index in [9.17, 15) is 9.59 Å². The summed E-state index contributed by atoms with van der Waals surface area (Å²) in [6.07, 6.45) is 3.27. The molecule has 6 heteroatoms. The van der Waals surface area contributed by atoms with Gasteiger partial charge in [-0.05, 0) is 25.2 Å². The molecular weight excluding hydrogens is 274 g/mol. The molecule has 2 aliphatic rings. The minimum atomic E-state index is -0.0845. The van der Waals surface area contributed by atoms with Gasteiger partial charge < -0.3 is 10.2 Å². The summed E-state index contributed by atoms with van der Waals surface area (Å²) >= 11 is 1.60. The molecule has 108 valence electrons. The van der Waals surface area contributed by atoms with Gasteiger partial charge in [-0.3, -0.25) is 9.59 Å². The molecule has 1 aromatic rings. The van der Waals surface area contributed by atoms with Gasteiger partial charge in [-0.25, -0.2) is 4.98 Å². The third-order valence-corrected chi connectivity index (χ3v) is 5.15. The van der Waals surface area contributed by atoms with Crippen molar-refractivity contribution in [3.63, 3.8) is 0 Å². The second kappa shape index (κ2) is 5.16. The summed E-state index contributed by atoms with van der Waals surface area (Å²) in [5.74, 6) is 0.649. The second-order valence-corrected chi connectivity index (χ2v) is 6.93. The van der Waals surface area contributed by atoms with Gasteiger partial charge in [0, 0.05) is 24.9 Å². The van der Waals surface area contributed by atoms with Crippen molar-refractivity contribution in [2.24, 2.45) is 11.8 Å². The lowest BCUT2D eigenvalue weighted by molar-refractivity contribution is -0.139. The number of carbonyl (C=O) groups excluding carboxylic acids is 2.